The average molecular weight is 451 g/mol. The zero-order valence-electron chi connectivity index (χ0n) is 16.6. The summed E-state index contributed by atoms with van der Waals surface area (Å²) in [5.74, 6) is -1.67. The molecule has 1 N–H and O–H groups in total. The van der Waals surface area contributed by atoms with Gasteiger partial charge in [0.25, 0.3) is 11.8 Å². The van der Waals surface area contributed by atoms with Gasteiger partial charge in [0, 0.05) is 10.6 Å². The highest BCUT2D eigenvalue weighted by Gasteiger charge is 2.37. The number of imide groups is 2. The molecular weight excluding hydrogens is 436 g/mol. The Labute approximate surface area is 187 Å². The smallest absolute Gasteiger partial charge is 0.338 e. The third-order valence-electron chi connectivity index (χ3n) is 4.70. The summed E-state index contributed by atoms with van der Waals surface area (Å²) in [6.45, 7) is 0. The van der Waals surface area contributed by atoms with E-state index in [1.54, 1.807) is 36.4 Å². The fourth-order valence-electron chi connectivity index (χ4n) is 3.19. The molecule has 0 radical (unpaired) electrons. The molecule has 0 aliphatic carbocycles. The van der Waals surface area contributed by atoms with E-state index in [2.05, 4.69) is 5.32 Å². The maximum Gasteiger partial charge on any atom is 0.338 e. The summed E-state index contributed by atoms with van der Waals surface area (Å²) >= 11 is 5.86. The van der Waals surface area contributed by atoms with Crippen molar-refractivity contribution in [3.63, 3.8) is 0 Å². The number of urea groups is 1. The van der Waals surface area contributed by atoms with Crippen LogP contribution >= 0.6 is 11.6 Å². The van der Waals surface area contributed by atoms with E-state index in [0.29, 0.717) is 21.9 Å². The summed E-state index contributed by atoms with van der Waals surface area (Å²) in [6.07, 6.45) is 1.23. The van der Waals surface area contributed by atoms with Gasteiger partial charge in [0.2, 0.25) is 0 Å². The number of rotatable bonds is 4. The summed E-state index contributed by atoms with van der Waals surface area (Å²) in [5, 5.41) is 2.57. The molecule has 2 heterocycles. The molecule has 4 amide bonds. The second-order valence-electron chi connectivity index (χ2n) is 6.67. The number of nitrogens with zero attached hydrogens (tertiary/aromatic N) is 1. The number of barbiturate groups is 1. The Bertz CT molecular complexity index is 1280. The highest BCUT2D eigenvalue weighted by molar-refractivity contribution is 6.39. The molecule has 8 nitrogen and oxygen atoms in total. The number of ether oxygens (including phenoxy) is 1. The lowest BCUT2D eigenvalue weighted by Crippen LogP contribution is -2.54. The molecule has 0 unspecified atom stereocenters. The normalized spacial score (nSPS) is 15.1. The monoisotopic (exact) mass is 450 g/mol. The highest BCUT2D eigenvalue weighted by atomic mass is 35.5. The van der Waals surface area contributed by atoms with Gasteiger partial charge in [-0.3, -0.25) is 14.9 Å². The Morgan fingerprint density at radius 3 is 2.47 bits per heavy atom. The van der Waals surface area contributed by atoms with Crippen molar-refractivity contribution in [3.05, 3.63) is 82.6 Å². The lowest BCUT2D eigenvalue weighted by molar-refractivity contribution is -0.122. The molecule has 9 heteroatoms. The van der Waals surface area contributed by atoms with Crippen LogP contribution in [0.5, 0.6) is 0 Å². The number of esters is 1. The molecule has 160 valence electrons. The summed E-state index contributed by atoms with van der Waals surface area (Å²) in [7, 11) is 1.28. The zero-order chi connectivity index (χ0) is 22.8. The number of carbonyl (C=O) groups excluding carboxylic acids is 4. The van der Waals surface area contributed by atoms with Crippen molar-refractivity contribution in [2.24, 2.45) is 0 Å². The van der Waals surface area contributed by atoms with Crippen LogP contribution in [0, 0.1) is 0 Å². The lowest BCUT2D eigenvalue weighted by atomic mass is 10.1. The minimum atomic E-state index is -0.869. The number of amides is 4. The van der Waals surface area contributed by atoms with E-state index >= 15 is 0 Å². The molecule has 2 aromatic carbocycles. The molecule has 1 fully saturated rings. The molecule has 4 rings (SSSR count). The van der Waals surface area contributed by atoms with Crippen LogP contribution in [-0.4, -0.2) is 30.9 Å². The number of anilines is 1. The maximum atomic E-state index is 12.9. The van der Waals surface area contributed by atoms with Crippen molar-refractivity contribution in [1.82, 2.24) is 5.32 Å². The number of hydrogen-bond donors (Lipinski definition) is 1. The molecule has 0 spiro atoms. The number of nitrogens with one attached hydrogen (secondary N) is 1. The summed E-state index contributed by atoms with van der Waals surface area (Å²) < 4.78 is 10.5. The average Bonchev–Trinajstić information content (AvgIpc) is 3.26. The predicted octanol–water partition coefficient (Wildman–Crippen LogP) is 4.05. The van der Waals surface area contributed by atoms with Crippen molar-refractivity contribution in [1.29, 1.82) is 0 Å². The van der Waals surface area contributed by atoms with Gasteiger partial charge in [0.15, 0.2) is 0 Å². The van der Waals surface area contributed by atoms with Gasteiger partial charge >= 0.3 is 12.0 Å². The fourth-order valence-corrected chi connectivity index (χ4v) is 3.31. The van der Waals surface area contributed by atoms with Crippen LogP contribution in [0.2, 0.25) is 5.02 Å². The minimum Gasteiger partial charge on any atom is -0.465 e. The van der Waals surface area contributed by atoms with Crippen molar-refractivity contribution in [2.45, 2.75) is 0 Å². The number of furan rings is 1. The van der Waals surface area contributed by atoms with Crippen molar-refractivity contribution >= 4 is 47.2 Å². The quantitative estimate of drug-likeness (QED) is 0.365. The van der Waals surface area contributed by atoms with E-state index in [1.165, 1.54) is 37.5 Å². The Morgan fingerprint density at radius 2 is 1.75 bits per heavy atom. The summed E-state index contributed by atoms with van der Waals surface area (Å²) in [4.78, 5) is 50.4. The van der Waals surface area contributed by atoms with E-state index < -0.39 is 23.8 Å². The first-order chi connectivity index (χ1) is 15.4. The maximum absolute atomic E-state index is 12.9. The van der Waals surface area contributed by atoms with Crippen LogP contribution in [0.15, 0.2) is 70.7 Å². The fraction of sp³-hybridized carbons (Fsp3) is 0.0435. The predicted molar refractivity (Wildman–Crippen MR) is 116 cm³/mol. The standard InChI is InChI=1S/C23H15ClN2O6/c1-31-22(29)17-5-3-2-4-16(17)19-11-10-15(32-19)12-18-20(27)25-23(30)26(21(18)28)14-8-6-13(24)7-9-14/h2-12H,1H3,(H,25,27,30)/b18-12+. The van der Waals surface area contributed by atoms with Gasteiger partial charge < -0.3 is 9.15 Å². The van der Waals surface area contributed by atoms with Crippen LogP contribution in [0.25, 0.3) is 17.4 Å². The van der Waals surface area contributed by atoms with Gasteiger partial charge in [-0.05, 0) is 48.5 Å². The second-order valence-corrected chi connectivity index (χ2v) is 7.11. The first kappa shape index (κ1) is 21.1. The molecule has 1 aromatic heterocycles. The molecule has 0 bridgehead atoms. The topological polar surface area (TPSA) is 106 Å². The van der Waals surface area contributed by atoms with E-state index in [9.17, 15) is 19.2 Å². The Hall–Kier alpha value is -4.17. The van der Waals surface area contributed by atoms with Gasteiger partial charge in [0.05, 0.1) is 18.4 Å². The molecule has 32 heavy (non-hydrogen) atoms. The van der Waals surface area contributed by atoms with E-state index in [-0.39, 0.29) is 17.0 Å². The van der Waals surface area contributed by atoms with Crippen molar-refractivity contribution < 1.29 is 28.3 Å². The molecular formula is C23H15ClN2O6. The Balaban J connectivity index is 1.69. The van der Waals surface area contributed by atoms with Crippen molar-refractivity contribution in [3.8, 4) is 11.3 Å². The molecule has 1 saturated heterocycles. The highest BCUT2D eigenvalue weighted by Crippen LogP contribution is 2.28. The Morgan fingerprint density at radius 1 is 1.03 bits per heavy atom. The number of carbonyl (C=O) groups is 4. The minimum absolute atomic E-state index is 0.184. The number of benzene rings is 2. The first-order valence-corrected chi connectivity index (χ1v) is 9.71. The second kappa shape index (κ2) is 8.52. The first-order valence-electron chi connectivity index (χ1n) is 9.33. The van der Waals surface area contributed by atoms with Gasteiger partial charge in [-0.15, -0.1) is 0 Å². The lowest BCUT2D eigenvalue weighted by Gasteiger charge is -2.26. The third kappa shape index (κ3) is 3.91. The van der Waals surface area contributed by atoms with Crippen LogP contribution < -0.4 is 10.2 Å². The SMILES string of the molecule is COC(=O)c1ccccc1-c1ccc(/C=C2\C(=O)NC(=O)N(c3ccc(Cl)cc3)C2=O)o1. The molecule has 0 saturated carbocycles. The van der Waals surface area contributed by atoms with Gasteiger partial charge in [-0.2, -0.15) is 0 Å². The van der Waals surface area contributed by atoms with Crippen LogP contribution in [0.1, 0.15) is 16.1 Å². The number of halogens is 1. The van der Waals surface area contributed by atoms with Gasteiger partial charge in [0.1, 0.15) is 17.1 Å². The summed E-state index contributed by atoms with van der Waals surface area (Å²) in [6, 6.07) is 15.0. The van der Waals surface area contributed by atoms with Gasteiger partial charge in [-0.25, -0.2) is 14.5 Å². The third-order valence-corrected chi connectivity index (χ3v) is 4.95. The molecule has 1 aliphatic heterocycles. The van der Waals surface area contributed by atoms with Gasteiger partial charge in [-0.1, -0.05) is 29.8 Å². The number of methoxy groups -OCH3 is 1. The number of hydrogen-bond acceptors (Lipinski definition) is 6. The summed E-state index contributed by atoms with van der Waals surface area (Å²) in [5.41, 5.74) is 0.750. The van der Waals surface area contributed by atoms with E-state index in [0.717, 1.165) is 4.90 Å². The van der Waals surface area contributed by atoms with Crippen LogP contribution in [0.3, 0.4) is 0 Å². The van der Waals surface area contributed by atoms with Crippen molar-refractivity contribution in [2.75, 3.05) is 12.0 Å². The van der Waals surface area contributed by atoms with Crippen LogP contribution in [-0.2, 0) is 14.3 Å². The van der Waals surface area contributed by atoms with E-state index in [1.807, 2.05) is 0 Å². The zero-order valence-corrected chi connectivity index (χ0v) is 17.4. The Kier molecular flexibility index (Phi) is 5.61. The molecule has 3 aromatic rings. The van der Waals surface area contributed by atoms with Crippen LogP contribution in [0.4, 0.5) is 10.5 Å². The van der Waals surface area contributed by atoms with E-state index in [4.69, 9.17) is 20.8 Å². The largest absolute Gasteiger partial charge is 0.465 e. The molecule has 0 atom stereocenters. The molecule has 1 aliphatic rings.